The molecule has 3 aromatic rings. The Kier molecular flexibility index (Phi) is 7.74. The number of fused-ring (bicyclic) bond motifs is 1. The summed E-state index contributed by atoms with van der Waals surface area (Å²) >= 11 is 1.63. The number of carbonyl (C=O) groups is 1. The van der Waals surface area contributed by atoms with Gasteiger partial charge in [-0.1, -0.05) is 11.3 Å². The first kappa shape index (κ1) is 24.1. The average molecular weight is 485 g/mol. The molecule has 1 aliphatic rings. The Bertz CT molecular complexity index is 1070. The summed E-state index contributed by atoms with van der Waals surface area (Å²) in [5.41, 5.74) is 1.48. The van der Waals surface area contributed by atoms with E-state index in [2.05, 4.69) is 15.1 Å². The second kappa shape index (κ2) is 10.9. The van der Waals surface area contributed by atoms with Crippen molar-refractivity contribution in [3.8, 4) is 17.2 Å². The molecule has 2 heterocycles. The van der Waals surface area contributed by atoms with E-state index >= 15 is 0 Å². The predicted octanol–water partition coefficient (Wildman–Crippen LogP) is 3.65. The average Bonchev–Trinajstić information content (AvgIpc) is 3.29. The zero-order chi connectivity index (χ0) is 24.1. The van der Waals surface area contributed by atoms with Gasteiger partial charge in [0.2, 0.25) is 0 Å². The number of hydrogen-bond donors (Lipinski definition) is 1. The van der Waals surface area contributed by atoms with Crippen LogP contribution in [0.4, 0.5) is 5.13 Å². The van der Waals surface area contributed by atoms with Crippen LogP contribution in [0, 0.1) is 0 Å². The molecule has 1 N–H and O–H groups in total. The second-order valence-corrected chi connectivity index (χ2v) is 9.40. The number of thiazole rings is 1. The van der Waals surface area contributed by atoms with Crippen LogP contribution in [-0.4, -0.2) is 75.4 Å². The maximum atomic E-state index is 12.4. The number of piperazine rings is 1. The number of anilines is 1. The van der Waals surface area contributed by atoms with Crippen molar-refractivity contribution in [2.24, 2.45) is 0 Å². The predicted molar refractivity (Wildman–Crippen MR) is 136 cm³/mol. The number of aromatic nitrogens is 1. The lowest BCUT2D eigenvalue weighted by atomic mass is 10.2. The number of nitrogens with one attached hydrogen (secondary N) is 1. The standard InChI is InChI=1S/C25H32N4O4S/c1-17(2)33-19-7-5-18(6-8-19)24(30)26-11-12-28-13-15-29(16-14-28)25-27-22-20(31-3)9-10-21(32-4)23(22)34-25/h5-10,17H,11-16H2,1-4H3,(H,26,30). The van der Waals surface area contributed by atoms with Crippen molar-refractivity contribution in [1.82, 2.24) is 15.2 Å². The maximum Gasteiger partial charge on any atom is 0.251 e. The van der Waals surface area contributed by atoms with Crippen molar-refractivity contribution in [2.45, 2.75) is 20.0 Å². The number of hydrogen-bond acceptors (Lipinski definition) is 8. The highest BCUT2D eigenvalue weighted by Crippen LogP contribution is 2.40. The SMILES string of the molecule is COc1ccc(OC)c2sc(N3CCN(CCNC(=O)c4ccc(OC(C)C)cc4)CC3)nc12. The molecule has 1 amide bonds. The lowest BCUT2D eigenvalue weighted by molar-refractivity contribution is 0.0947. The number of benzene rings is 2. The van der Waals surface area contributed by atoms with Crippen molar-refractivity contribution >= 4 is 32.6 Å². The molecule has 1 fully saturated rings. The minimum atomic E-state index is -0.0629. The van der Waals surface area contributed by atoms with Crippen LogP contribution < -0.4 is 24.4 Å². The van der Waals surface area contributed by atoms with Crippen LogP contribution in [0.25, 0.3) is 10.2 Å². The number of amides is 1. The summed E-state index contributed by atoms with van der Waals surface area (Å²) in [6, 6.07) is 11.1. The van der Waals surface area contributed by atoms with Crippen LogP contribution in [0.5, 0.6) is 17.2 Å². The first-order chi connectivity index (χ1) is 16.5. The molecule has 9 heteroatoms. The van der Waals surface area contributed by atoms with Crippen LogP contribution >= 0.6 is 11.3 Å². The van der Waals surface area contributed by atoms with Gasteiger partial charge in [0.05, 0.1) is 20.3 Å². The zero-order valence-electron chi connectivity index (χ0n) is 20.2. The van der Waals surface area contributed by atoms with Crippen LogP contribution in [-0.2, 0) is 0 Å². The van der Waals surface area contributed by atoms with Gasteiger partial charge < -0.3 is 24.4 Å². The van der Waals surface area contributed by atoms with Gasteiger partial charge in [-0.15, -0.1) is 0 Å². The van der Waals surface area contributed by atoms with Crippen LogP contribution in [0.3, 0.4) is 0 Å². The summed E-state index contributed by atoms with van der Waals surface area (Å²) in [4.78, 5) is 21.9. The van der Waals surface area contributed by atoms with Gasteiger partial charge >= 0.3 is 0 Å². The molecule has 0 bridgehead atoms. The molecule has 0 saturated carbocycles. The third kappa shape index (κ3) is 5.53. The lowest BCUT2D eigenvalue weighted by Gasteiger charge is -2.34. The molecule has 1 aromatic heterocycles. The summed E-state index contributed by atoms with van der Waals surface area (Å²) in [5.74, 6) is 2.28. The molecule has 1 saturated heterocycles. The van der Waals surface area contributed by atoms with E-state index in [0.29, 0.717) is 12.1 Å². The van der Waals surface area contributed by atoms with Gasteiger partial charge in [0.1, 0.15) is 27.5 Å². The van der Waals surface area contributed by atoms with Crippen LogP contribution in [0.15, 0.2) is 36.4 Å². The molecule has 1 aliphatic heterocycles. The highest BCUT2D eigenvalue weighted by atomic mass is 32.1. The van der Waals surface area contributed by atoms with Gasteiger partial charge in [0, 0.05) is 44.8 Å². The van der Waals surface area contributed by atoms with Crippen molar-refractivity contribution in [1.29, 1.82) is 0 Å². The molecule has 2 aromatic carbocycles. The lowest BCUT2D eigenvalue weighted by Crippen LogP contribution is -2.48. The Morgan fingerprint density at radius 1 is 1.03 bits per heavy atom. The smallest absolute Gasteiger partial charge is 0.251 e. The van der Waals surface area contributed by atoms with Gasteiger partial charge in [-0.3, -0.25) is 9.69 Å². The molecule has 0 radical (unpaired) electrons. The third-order valence-electron chi connectivity index (χ3n) is 5.74. The molecule has 0 aliphatic carbocycles. The van der Waals surface area contributed by atoms with E-state index < -0.39 is 0 Å². The molecule has 182 valence electrons. The number of rotatable bonds is 9. The van der Waals surface area contributed by atoms with Crippen LogP contribution in [0.1, 0.15) is 24.2 Å². The first-order valence-corrected chi connectivity index (χ1v) is 12.3. The molecule has 0 unspecified atom stereocenters. The van der Waals surface area contributed by atoms with Crippen molar-refractivity contribution in [2.75, 3.05) is 58.4 Å². The number of ether oxygens (including phenoxy) is 3. The summed E-state index contributed by atoms with van der Waals surface area (Å²) < 4.78 is 17.6. The highest BCUT2D eigenvalue weighted by molar-refractivity contribution is 7.22. The van der Waals surface area contributed by atoms with Crippen molar-refractivity contribution in [3.05, 3.63) is 42.0 Å². The topological polar surface area (TPSA) is 76.2 Å². The normalized spacial score (nSPS) is 14.4. The molecule has 0 spiro atoms. The van der Waals surface area contributed by atoms with E-state index in [0.717, 1.165) is 65.3 Å². The molecule has 8 nitrogen and oxygen atoms in total. The van der Waals surface area contributed by atoms with Gasteiger partial charge in [0.25, 0.3) is 5.91 Å². The van der Waals surface area contributed by atoms with E-state index in [1.54, 1.807) is 37.7 Å². The van der Waals surface area contributed by atoms with Crippen molar-refractivity contribution in [3.63, 3.8) is 0 Å². The Balaban J connectivity index is 1.26. The van der Waals surface area contributed by atoms with Crippen molar-refractivity contribution < 1.29 is 19.0 Å². The molecule has 0 atom stereocenters. The van der Waals surface area contributed by atoms with Gasteiger partial charge in [-0.2, -0.15) is 0 Å². The third-order valence-corrected chi connectivity index (χ3v) is 6.87. The van der Waals surface area contributed by atoms with Gasteiger partial charge in [-0.05, 0) is 50.2 Å². The number of nitrogens with zero attached hydrogens (tertiary/aromatic N) is 3. The van der Waals surface area contributed by atoms with E-state index in [1.807, 2.05) is 38.1 Å². The summed E-state index contributed by atoms with van der Waals surface area (Å²) in [6.07, 6.45) is 0.112. The van der Waals surface area contributed by atoms with Crippen LogP contribution in [0.2, 0.25) is 0 Å². The largest absolute Gasteiger partial charge is 0.495 e. The number of carbonyl (C=O) groups excluding carboxylic acids is 1. The fourth-order valence-corrected chi connectivity index (χ4v) is 5.09. The summed E-state index contributed by atoms with van der Waals surface area (Å²) in [5, 5.41) is 4.00. The quantitative estimate of drug-likeness (QED) is 0.497. The zero-order valence-corrected chi connectivity index (χ0v) is 21.0. The maximum absolute atomic E-state index is 12.4. The fourth-order valence-electron chi connectivity index (χ4n) is 3.96. The Labute approximate surface area is 204 Å². The van der Waals surface area contributed by atoms with E-state index in [1.165, 1.54) is 0 Å². The highest BCUT2D eigenvalue weighted by Gasteiger charge is 2.22. The van der Waals surface area contributed by atoms with Gasteiger partial charge in [-0.25, -0.2) is 4.98 Å². The summed E-state index contributed by atoms with van der Waals surface area (Å²) in [6.45, 7) is 8.99. The first-order valence-electron chi connectivity index (χ1n) is 11.5. The molecule has 34 heavy (non-hydrogen) atoms. The summed E-state index contributed by atoms with van der Waals surface area (Å²) in [7, 11) is 3.34. The van der Waals surface area contributed by atoms with E-state index in [4.69, 9.17) is 19.2 Å². The van der Waals surface area contributed by atoms with E-state index in [-0.39, 0.29) is 12.0 Å². The Morgan fingerprint density at radius 3 is 2.35 bits per heavy atom. The molecular formula is C25H32N4O4S. The number of methoxy groups -OCH3 is 2. The molecule has 4 rings (SSSR count). The Hall–Kier alpha value is -3.04. The molecular weight excluding hydrogens is 452 g/mol. The fraction of sp³-hybridized carbons (Fsp3) is 0.440. The van der Waals surface area contributed by atoms with E-state index in [9.17, 15) is 4.79 Å². The minimum absolute atomic E-state index is 0.0629. The minimum Gasteiger partial charge on any atom is -0.495 e. The second-order valence-electron chi connectivity index (χ2n) is 8.42. The van der Waals surface area contributed by atoms with Gasteiger partial charge in [0.15, 0.2) is 5.13 Å². The monoisotopic (exact) mass is 484 g/mol. The Morgan fingerprint density at radius 2 is 1.71 bits per heavy atom.